The summed E-state index contributed by atoms with van der Waals surface area (Å²) in [6, 6.07) is 0.539. The van der Waals surface area contributed by atoms with Gasteiger partial charge in [-0.05, 0) is 25.3 Å². The fraction of sp³-hybridized carbons (Fsp3) is 0.769. The maximum Gasteiger partial charge on any atom is 0.0948 e. The molecule has 1 aliphatic heterocycles. The first-order valence-corrected chi connectivity index (χ1v) is 6.58. The second-order valence-electron chi connectivity index (χ2n) is 4.80. The molecule has 1 aromatic rings. The first-order valence-electron chi connectivity index (χ1n) is 6.58. The normalized spacial score (nSPS) is 20.8. The standard InChI is InChI=1S/C13H23N3/c1-3-11(4-2)9-16-10-14-8-13(16)12-6-5-7-15-12/h8,10-12,15H,3-7,9H2,1-2H3. The largest absolute Gasteiger partial charge is 0.333 e. The van der Waals surface area contributed by atoms with Gasteiger partial charge in [-0.15, -0.1) is 0 Å². The van der Waals surface area contributed by atoms with Crippen molar-refractivity contribution >= 4 is 0 Å². The van der Waals surface area contributed by atoms with Crippen LogP contribution < -0.4 is 5.32 Å². The molecule has 1 unspecified atom stereocenters. The fourth-order valence-electron chi connectivity index (χ4n) is 2.54. The lowest BCUT2D eigenvalue weighted by molar-refractivity contribution is 0.403. The van der Waals surface area contributed by atoms with Crippen LogP contribution in [-0.4, -0.2) is 16.1 Å². The number of imidazole rings is 1. The highest BCUT2D eigenvalue weighted by Gasteiger charge is 2.20. The highest BCUT2D eigenvalue weighted by atomic mass is 15.1. The Morgan fingerprint density at radius 2 is 2.31 bits per heavy atom. The van der Waals surface area contributed by atoms with Crippen molar-refractivity contribution in [2.75, 3.05) is 6.54 Å². The summed E-state index contributed by atoms with van der Waals surface area (Å²) in [5, 5.41) is 3.55. The van der Waals surface area contributed by atoms with Crippen LogP contribution in [0.1, 0.15) is 51.3 Å². The Morgan fingerprint density at radius 3 is 2.94 bits per heavy atom. The zero-order valence-corrected chi connectivity index (χ0v) is 10.4. The van der Waals surface area contributed by atoms with Gasteiger partial charge < -0.3 is 9.88 Å². The molecule has 0 saturated carbocycles. The number of aromatic nitrogens is 2. The molecule has 2 rings (SSSR count). The maximum atomic E-state index is 4.31. The molecule has 90 valence electrons. The van der Waals surface area contributed by atoms with Gasteiger partial charge in [0, 0.05) is 18.8 Å². The van der Waals surface area contributed by atoms with Gasteiger partial charge >= 0.3 is 0 Å². The van der Waals surface area contributed by atoms with E-state index < -0.39 is 0 Å². The van der Waals surface area contributed by atoms with Crippen LogP contribution in [0.3, 0.4) is 0 Å². The Morgan fingerprint density at radius 1 is 1.50 bits per heavy atom. The van der Waals surface area contributed by atoms with Crippen molar-refractivity contribution in [1.29, 1.82) is 0 Å². The van der Waals surface area contributed by atoms with Gasteiger partial charge in [0.2, 0.25) is 0 Å². The van der Waals surface area contributed by atoms with E-state index in [2.05, 4.69) is 28.7 Å². The van der Waals surface area contributed by atoms with E-state index in [9.17, 15) is 0 Å². The summed E-state index contributed by atoms with van der Waals surface area (Å²) >= 11 is 0. The van der Waals surface area contributed by atoms with Crippen molar-refractivity contribution in [3.8, 4) is 0 Å². The average molecular weight is 221 g/mol. The minimum Gasteiger partial charge on any atom is -0.333 e. The van der Waals surface area contributed by atoms with Gasteiger partial charge in [0.15, 0.2) is 0 Å². The molecular formula is C13H23N3. The second kappa shape index (κ2) is 5.48. The third-order valence-electron chi connectivity index (χ3n) is 3.77. The molecule has 0 aliphatic carbocycles. The monoisotopic (exact) mass is 221 g/mol. The Balaban J connectivity index is 2.06. The number of nitrogens with zero attached hydrogens (tertiary/aromatic N) is 2. The maximum absolute atomic E-state index is 4.31. The summed E-state index contributed by atoms with van der Waals surface area (Å²) < 4.78 is 2.35. The number of hydrogen-bond acceptors (Lipinski definition) is 2. The van der Waals surface area contributed by atoms with Crippen LogP contribution in [0.5, 0.6) is 0 Å². The van der Waals surface area contributed by atoms with Crippen LogP contribution in [0.25, 0.3) is 0 Å². The van der Waals surface area contributed by atoms with Crippen LogP contribution in [0.2, 0.25) is 0 Å². The molecule has 1 N–H and O–H groups in total. The van der Waals surface area contributed by atoms with Crippen LogP contribution in [0, 0.1) is 5.92 Å². The van der Waals surface area contributed by atoms with Crippen LogP contribution in [0.15, 0.2) is 12.5 Å². The number of rotatable bonds is 5. The lowest BCUT2D eigenvalue weighted by Gasteiger charge is -2.18. The molecule has 0 radical (unpaired) electrons. The summed E-state index contributed by atoms with van der Waals surface area (Å²) in [5.74, 6) is 0.786. The predicted molar refractivity (Wildman–Crippen MR) is 66.3 cm³/mol. The van der Waals surface area contributed by atoms with E-state index in [4.69, 9.17) is 0 Å². The summed E-state index contributed by atoms with van der Waals surface area (Å²) in [7, 11) is 0. The van der Waals surface area contributed by atoms with E-state index in [1.807, 2.05) is 12.5 Å². The van der Waals surface area contributed by atoms with Crippen molar-refractivity contribution in [2.24, 2.45) is 5.92 Å². The van der Waals surface area contributed by atoms with Crippen molar-refractivity contribution < 1.29 is 0 Å². The van der Waals surface area contributed by atoms with E-state index in [0.717, 1.165) is 19.0 Å². The minimum atomic E-state index is 0.539. The van der Waals surface area contributed by atoms with E-state index >= 15 is 0 Å². The van der Waals surface area contributed by atoms with E-state index in [1.165, 1.54) is 31.4 Å². The fourth-order valence-corrected chi connectivity index (χ4v) is 2.54. The third kappa shape index (κ3) is 2.46. The topological polar surface area (TPSA) is 29.9 Å². The van der Waals surface area contributed by atoms with E-state index in [1.54, 1.807) is 0 Å². The van der Waals surface area contributed by atoms with Gasteiger partial charge in [0.05, 0.1) is 12.0 Å². The molecule has 1 fully saturated rings. The van der Waals surface area contributed by atoms with Crippen LogP contribution >= 0.6 is 0 Å². The Bertz CT molecular complexity index is 309. The molecule has 0 amide bonds. The Hall–Kier alpha value is -0.830. The Labute approximate surface area is 98.3 Å². The summed E-state index contributed by atoms with van der Waals surface area (Å²) in [5.41, 5.74) is 1.38. The highest BCUT2D eigenvalue weighted by molar-refractivity contribution is 5.07. The summed E-state index contributed by atoms with van der Waals surface area (Å²) in [6.07, 6.45) is 9.09. The first-order chi connectivity index (χ1) is 7.85. The Kier molecular flexibility index (Phi) is 3.99. The summed E-state index contributed by atoms with van der Waals surface area (Å²) in [6.45, 7) is 6.83. The molecule has 0 spiro atoms. The van der Waals surface area contributed by atoms with Gasteiger partial charge in [-0.3, -0.25) is 0 Å². The molecule has 3 heteroatoms. The lowest BCUT2D eigenvalue weighted by Crippen LogP contribution is -2.19. The highest BCUT2D eigenvalue weighted by Crippen LogP contribution is 2.24. The molecule has 0 aromatic carbocycles. The second-order valence-corrected chi connectivity index (χ2v) is 4.80. The van der Waals surface area contributed by atoms with Gasteiger partial charge in [-0.1, -0.05) is 26.7 Å². The van der Waals surface area contributed by atoms with Crippen molar-refractivity contribution in [3.05, 3.63) is 18.2 Å². The lowest BCUT2D eigenvalue weighted by atomic mass is 10.0. The molecule has 1 atom stereocenters. The average Bonchev–Trinajstić information content (AvgIpc) is 2.95. The van der Waals surface area contributed by atoms with Crippen molar-refractivity contribution in [2.45, 2.75) is 52.1 Å². The third-order valence-corrected chi connectivity index (χ3v) is 3.77. The zero-order chi connectivity index (χ0) is 11.4. The van der Waals surface area contributed by atoms with Crippen LogP contribution in [-0.2, 0) is 6.54 Å². The molecule has 1 aliphatic rings. The quantitative estimate of drug-likeness (QED) is 0.828. The predicted octanol–water partition coefficient (Wildman–Crippen LogP) is 2.74. The van der Waals surface area contributed by atoms with Gasteiger partial charge in [0.25, 0.3) is 0 Å². The van der Waals surface area contributed by atoms with Crippen LogP contribution in [0.4, 0.5) is 0 Å². The summed E-state index contributed by atoms with van der Waals surface area (Å²) in [4.78, 5) is 4.31. The number of nitrogens with one attached hydrogen (secondary N) is 1. The molecule has 1 aromatic heterocycles. The van der Waals surface area contributed by atoms with Crippen molar-refractivity contribution in [3.63, 3.8) is 0 Å². The minimum absolute atomic E-state index is 0.539. The molecular weight excluding hydrogens is 198 g/mol. The first kappa shape index (κ1) is 11.6. The molecule has 3 nitrogen and oxygen atoms in total. The zero-order valence-electron chi connectivity index (χ0n) is 10.4. The molecule has 16 heavy (non-hydrogen) atoms. The SMILES string of the molecule is CCC(CC)Cn1cncc1C1CCCN1. The van der Waals surface area contributed by atoms with Gasteiger partial charge in [-0.25, -0.2) is 4.98 Å². The molecule has 1 saturated heterocycles. The molecule has 2 heterocycles. The van der Waals surface area contributed by atoms with Crippen molar-refractivity contribution in [1.82, 2.24) is 14.9 Å². The van der Waals surface area contributed by atoms with Gasteiger partial charge in [-0.2, -0.15) is 0 Å². The van der Waals surface area contributed by atoms with E-state index in [-0.39, 0.29) is 0 Å². The number of hydrogen-bond donors (Lipinski definition) is 1. The van der Waals surface area contributed by atoms with Gasteiger partial charge in [0.1, 0.15) is 0 Å². The molecule has 0 bridgehead atoms. The smallest absolute Gasteiger partial charge is 0.0948 e. The van der Waals surface area contributed by atoms with E-state index in [0.29, 0.717) is 6.04 Å².